The van der Waals surface area contributed by atoms with Crippen LogP contribution in [0, 0.1) is 13.8 Å². The SMILES string of the molecule is Cc1cccc(-c2ncsc2-c2ccnc(C)c2)c1. The topological polar surface area (TPSA) is 25.8 Å². The van der Waals surface area contributed by atoms with Crippen LogP contribution in [0.4, 0.5) is 0 Å². The molecular formula is C16H14N2S. The summed E-state index contributed by atoms with van der Waals surface area (Å²) in [5.41, 5.74) is 7.60. The Hall–Kier alpha value is -2.00. The lowest BCUT2D eigenvalue weighted by molar-refractivity contribution is 1.20. The molecule has 0 spiro atoms. The third-order valence-electron chi connectivity index (χ3n) is 3.02. The van der Waals surface area contributed by atoms with Gasteiger partial charge in [0.1, 0.15) is 0 Å². The molecule has 0 aliphatic carbocycles. The molecule has 94 valence electrons. The van der Waals surface area contributed by atoms with Gasteiger partial charge in [-0.3, -0.25) is 4.98 Å². The van der Waals surface area contributed by atoms with E-state index in [9.17, 15) is 0 Å². The minimum Gasteiger partial charge on any atom is -0.262 e. The van der Waals surface area contributed by atoms with E-state index in [0.717, 1.165) is 11.4 Å². The summed E-state index contributed by atoms with van der Waals surface area (Å²) in [5.74, 6) is 0. The van der Waals surface area contributed by atoms with Crippen LogP contribution in [0.1, 0.15) is 11.3 Å². The van der Waals surface area contributed by atoms with Crippen LogP contribution in [-0.2, 0) is 0 Å². The predicted octanol–water partition coefficient (Wildman–Crippen LogP) is 4.49. The second-order valence-electron chi connectivity index (χ2n) is 4.59. The number of hydrogen-bond acceptors (Lipinski definition) is 3. The lowest BCUT2D eigenvalue weighted by atomic mass is 10.1. The third kappa shape index (κ3) is 2.42. The summed E-state index contributed by atoms with van der Waals surface area (Å²) in [6.45, 7) is 4.11. The van der Waals surface area contributed by atoms with Crippen molar-refractivity contribution in [2.45, 2.75) is 13.8 Å². The molecule has 0 atom stereocenters. The van der Waals surface area contributed by atoms with Crippen molar-refractivity contribution in [3.05, 3.63) is 59.4 Å². The third-order valence-corrected chi connectivity index (χ3v) is 3.89. The Bertz CT molecular complexity index is 656. The van der Waals surface area contributed by atoms with Crippen molar-refractivity contribution in [2.24, 2.45) is 0 Å². The van der Waals surface area contributed by atoms with Crippen LogP contribution >= 0.6 is 11.3 Å². The Morgan fingerprint density at radius 2 is 1.84 bits per heavy atom. The number of hydrogen-bond donors (Lipinski definition) is 0. The largest absolute Gasteiger partial charge is 0.262 e. The van der Waals surface area contributed by atoms with Gasteiger partial charge in [0.2, 0.25) is 0 Å². The first-order chi connectivity index (χ1) is 9.24. The molecule has 0 radical (unpaired) electrons. The Kier molecular flexibility index (Phi) is 3.13. The number of aromatic nitrogens is 2. The molecule has 0 bridgehead atoms. The lowest BCUT2D eigenvalue weighted by Crippen LogP contribution is -1.85. The van der Waals surface area contributed by atoms with E-state index in [2.05, 4.69) is 47.2 Å². The van der Waals surface area contributed by atoms with E-state index in [1.807, 2.05) is 24.7 Å². The summed E-state index contributed by atoms with van der Waals surface area (Å²) in [5, 5.41) is 0. The Balaban J connectivity index is 2.13. The molecule has 0 saturated heterocycles. The summed E-state index contributed by atoms with van der Waals surface area (Å²) in [6, 6.07) is 12.6. The van der Waals surface area contributed by atoms with Crippen LogP contribution in [0.5, 0.6) is 0 Å². The molecule has 2 nitrogen and oxygen atoms in total. The van der Waals surface area contributed by atoms with E-state index in [4.69, 9.17) is 0 Å². The van der Waals surface area contributed by atoms with Crippen LogP contribution in [-0.4, -0.2) is 9.97 Å². The molecule has 0 saturated carbocycles. The zero-order valence-corrected chi connectivity index (χ0v) is 11.7. The average Bonchev–Trinajstić information content (AvgIpc) is 2.88. The van der Waals surface area contributed by atoms with Crippen LogP contribution in [0.15, 0.2) is 48.1 Å². The maximum absolute atomic E-state index is 4.53. The van der Waals surface area contributed by atoms with Gasteiger partial charge in [-0.1, -0.05) is 23.8 Å². The van der Waals surface area contributed by atoms with Crippen molar-refractivity contribution in [3.8, 4) is 21.7 Å². The van der Waals surface area contributed by atoms with Gasteiger partial charge in [0.15, 0.2) is 0 Å². The van der Waals surface area contributed by atoms with Crippen molar-refractivity contribution < 1.29 is 0 Å². The number of thiazole rings is 1. The summed E-state index contributed by atoms with van der Waals surface area (Å²) in [6.07, 6.45) is 1.85. The molecule has 2 aromatic heterocycles. The molecule has 2 heterocycles. The maximum atomic E-state index is 4.53. The van der Waals surface area contributed by atoms with Gasteiger partial charge in [-0.2, -0.15) is 0 Å². The second kappa shape index (κ2) is 4.94. The molecule has 0 aliphatic heterocycles. The van der Waals surface area contributed by atoms with E-state index in [0.29, 0.717) is 0 Å². The molecule has 1 aromatic carbocycles. The lowest BCUT2D eigenvalue weighted by Gasteiger charge is -2.04. The van der Waals surface area contributed by atoms with Crippen LogP contribution in [0.2, 0.25) is 0 Å². The molecule has 0 unspecified atom stereocenters. The van der Waals surface area contributed by atoms with Crippen molar-refractivity contribution in [3.63, 3.8) is 0 Å². The predicted molar refractivity (Wildman–Crippen MR) is 80.3 cm³/mol. The fourth-order valence-corrected chi connectivity index (χ4v) is 2.94. The highest BCUT2D eigenvalue weighted by atomic mass is 32.1. The summed E-state index contributed by atoms with van der Waals surface area (Å²) >= 11 is 1.67. The van der Waals surface area contributed by atoms with E-state index >= 15 is 0 Å². The Labute approximate surface area is 116 Å². The number of aryl methyl sites for hydroxylation is 2. The minimum atomic E-state index is 1.03. The molecule has 0 aliphatic rings. The molecule has 3 rings (SSSR count). The standard InChI is InChI=1S/C16H14N2S/c1-11-4-3-5-13(8-11)15-16(19-10-18-15)14-6-7-17-12(2)9-14/h3-10H,1-2H3. The van der Waals surface area contributed by atoms with Gasteiger partial charge < -0.3 is 0 Å². The van der Waals surface area contributed by atoms with Gasteiger partial charge in [-0.15, -0.1) is 11.3 Å². The van der Waals surface area contributed by atoms with Crippen LogP contribution < -0.4 is 0 Å². The van der Waals surface area contributed by atoms with Gasteiger partial charge in [0, 0.05) is 17.5 Å². The molecule has 3 heteroatoms. The molecule has 0 N–H and O–H groups in total. The average molecular weight is 266 g/mol. The zero-order chi connectivity index (χ0) is 13.2. The highest BCUT2D eigenvalue weighted by molar-refractivity contribution is 7.13. The van der Waals surface area contributed by atoms with Gasteiger partial charge in [0.25, 0.3) is 0 Å². The Morgan fingerprint density at radius 3 is 2.63 bits per heavy atom. The van der Waals surface area contributed by atoms with Gasteiger partial charge >= 0.3 is 0 Å². The van der Waals surface area contributed by atoms with Crippen molar-refractivity contribution in [1.82, 2.24) is 9.97 Å². The zero-order valence-electron chi connectivity index (χ0n) is 10.9. The van der Waals surface area contributed by atoms with Gasteiger partial charge in [-0.25, -0.2) is 4.98 Å². The molecule has 0 fully saturated rings. The molecule has 3 aromatic rings. The minimum absolute atomic E-state index is 1.03. The monoisotopic (exact) mass is 266 g/mol. The van der Waals surface area contributed by atoms with Gasteiger partial charge in [-0.05, 0) is 37.6 Å². The van der Waals surface area contributed by atoms with E-state index in [-0.39, 0.29) is 0 Å². The normalized spacial score (nSPS) is 10.6. The van der Waals surface area contributed by atoms with E-state index < -0.39 is 0 Å². The van der Waals surface area contributed by atoms with Gasteiger partial charge in [0.05, 0.1) is 16.1 Å². The maximum Gasteiger partial charge on any atom is 0.0890 e. The van der Waals surface area contributed by atoms with Crippen molar-refractivity contribution in [2.75, 3.05) is 0 Å². The first kappa shape index (κ1) is 12.1. The summed E-state index contributed by atoms with van der Waals surface area (Å²) in [4.78, 5) is 9.99. The van der Waals surface area contributed by atoms with Crippen LogP contribution in [0.3, 0.4) is 0 Å². The molecule has 0 amide bonds. The van der Waals surface area contributed by atoms with Crippen LogP contribution in [0.25, 0.3) is 21.7 Å². The number of rotatable bonds is 2. The Morgan fingerprint density at radius 1 is 0.947 bits per heavy atom. The fourth-order valence-electron chi connectivity index (χ4n) is 2.14. The van der Waals surface area contributed by atoms with Crippen molar-refractivity contribution in [1.29, 1.82) is 0 Å². The summed E-state index contributed by atoms with van der Waals surface area (Å²) in [7, 11) is 0. The van der Waals surface area contributed by atoms with E-state index in [1.54, 1.807) is 11.3 Å². The van der Waals surface area contributed by atoms with E-state index in [1.165, 1.54) is 21.6 Å². The highest BCUT2D eigenvalue weighted by Crippen LogP contribution is 2.34. The fraction of sp³-hybridized carbons (Fsp3) is 0.125. The second-order valence-corrected chi connectivity index (χ2v) is 5.44. The molecule has 19 heavy (non-hydrogen) atoms. The molecular weight excluding hydrogens is 252 g/mol. The first-order valence-corrected chi connectivity index (χ1v) is 7.05. The number of nitrogens with zero attached hydrogens (tertiary/aromatic N) is 2. The first-order valence-electron chi connectivity index (χ1n) is 6.17. The van der Waals surface area contributed by atoms with Crippen molar-refractivity contribution >= 4 is 11.3 Å². The number of benzene rings is 1. The quantitative estimate of drug-likeness (QED) is 0.683. The highest BCUT2D eigenvalue weighted by Gasteiger charge is 2.11. The smallest absolute Gasteiger partial charge is 0.0890 e. The number of pyridine rings is 1. The summed E-state index contributed by atoms with van der Waals surface area (Å²) < 4.78 is 0.